The van der Waals surface area contributed by atoms with Gasteiger partial charge in [-0.1, -0.05) is 0 Å². The predicted molar refractivity (Wildman–Crippen MR) is 50.4 cm³/mol. The average molecular weight is 189 g/mol. The molecular weight excluding hydrogens is 170 g/mol. The van der Waals surface area contributed by atoms with E-state index in [9.17, 15) is 4.79 Å². The summed E-state index contributed by atoms with van der Waals surface area (Å²) in [6.07, 6.45) is 0.870. The number of hydrogen-bond acceptors (Lipinski definition) is 4. The van der Waals surface area contributed by atoms with Crippen LogP contribution in [0.25, 0.3) is 0 Å². The van der Waals surface area contributed by atoms with Gasteiger partial charge in [-0.25, -0.2) is 0 Å². The lowest BCUT2D eigenvalue weighted by molar-refractivity contribution is -0.143. The maximum atomic E-state index is 10.8. The monoisotopic (exact) mass is 189 g/mol. The van der Waals surface area contributed by atoms with Crippen LogP contribution in [-0.4, -0.2) is 36.9 Å². The fraction of sp³-hybridized carbons (Fsp3) is 0.889. The molecule has 0 amide bonds. The molecule has 0 heterocycles. The lowest BCUT2D eigenvalue weighted by Crippen LogP contribution is -2.25. The summed E-state index contributed by atoms with van der Waals surface area (Å²) in [4.78, 5) is 10.8. The summed E-state index contributed by atoms with van der Waals surface area (Å²) in [6.45, 7) is 5.27. The van der Waals surface area contributed by atoms with E-state index in [-0.39, 0.29) is 12.1 Å². The molecule has 0 aliphatic rings. The van der Waals surface area contributed by atoms with Gasteiger partial charge >= 0.3 is 5.97 Å². The minimum Gasteiger partial charge on any atom is -0.466 e. The van der Waals surface area contributed by atoms with Gasteiger partial charge in [0.1, 0.15) is 0 Å². The second-order valence-electron chi connectivity index (χ2n) is 2.96. The van der Waals surface area contributed by atoms with Crippen molar-refractivity contribution in [1.82, 2.24) is 5.32 Å². The van der Waals surface area contributed by atoms with Gasteiger partial charge < -0.3 is 15.2 Å². The second kappa shape index (κ2) is 8.01. The van der Waals surface area contributed by atoms with E-state index in [1.165, 1.54) is 0 Å². The summed E-state index contributed by atoms with van der Waals surface area (Å²) in [5.41, 5.74) is 0. The number of rotatable bonds is 7. The molecule has 78 valence electrons. The number of nitrogens with one attached hydrogen (secondary N) is 1. The smallest absolute Gasteiger partial charge is 0.305 e. The Kier molecular flexibility index (Phi) is 7.63. The summed E-state index contributed by atoms with van der Waals surface area (Å²) in [6, 6.07) is 0. The highest BCUT2D eigenvalue weighted by Gasteiger charge is 2.00. The second-order valence-corrected chi connectivity index (χ2v) is 2.96. The van der Waals surface area contributed by atoms with Crippen molar-refractivity contribution in [1.29, 1.82) is 0 Å². The van der Waals surface area contributed by atoms with Gasteiger partial charge in [-0.3, -0.25) is 4.79 Å². The molecule has 0 saturated carbocycles. The van der Waals surface area contributed by atoms with E-state index in [0.29, 0.717) is 19.6 Å². The molecule has 0 bridgehead atoms. The molecular formula is C9H19NO3. The van der Waals surface area contributed by atoms with Crippen molar-refractivity contribution < 1.29 is 14.6 Å². The van der Waals surface area contributed by atoms with Crippen molar-refractivity contribution >= 4 is 5.97 Å². The van der Waals surface area contributed by atoms with Crippen LogP contribution in [0.1, 0.15) is 26.7 Å². The van der Waals surface area contributed by atoms with Crippen LogP contribution in [0.4, 0.5) is 0 Å². The molecule has 0 aliphatic carbocycles. The topological polar surface area (TPSA) is 58.6 Å². The quantitative estimate of drug-likeness (QED) is 0.447. The lowest BCUT2D eigenvalue weighted by Gasteiger charge is -2.06. The standard InChI is InChI=1S/C9H19NO3/c1-3-13-9(12)5-4-6-10-7-8(2)11/h8,10-11H,3-7H2,1-2H3/t8-/m1/s1. The highest BCUT2D eigenvalue weighted by molar-refractivity contribution is 5.69. The molecule has 0 aromatic carbocycles. The van der Waals surface area contributed by atoms with E-state index in [1.807, 2.05) is 0 Å². The number of carbonyl (C=O) groups excluding carboxylic acids is 1. The van der Waals surface area contributed by atoms with Gasteiger partial charge in [0.2, 0.25) is 0 Å². The molecule has 13 heavy (non-hydrogen) atoms. The molecule has 0 spiro atoms. The maximum absolute atomic E-state index is 10.8. The summed E-state index contributed by atoms with van der Waals surface area (Å²) in [5.74, 6) is -0.152. The van der Waals surface area contributed by atoms with Gasteiger partial charge in [-0.15, -0.1) is 0 Å². The van der Waals surface area contributed by atoms with E-state index in [0.717, 1.165) is 13.0 Å². The van der Waals surface area contributed by atoms with E-state index in [2.05, 4.69) is 5.32 Å². The third-order valence-electron chi connectivity index (χ3n) is 1.48. The first-order chi connectivity index (χ1) is 6.16. The first-order valence-electron chi connectivity index (χ1n) is 4.71. The third-order valence-corrected chi connectivity index (χ3v) is 1.48. The van der Waals surface area contributed by atoms with E-state index in [4.69, 9.17) is 9.84 Å². The van der Waals surface area contributed by atoms with Crippen molar-refractivity contribution in [3.63, 3.8) is 0 Å². The molecule has 0 unspecified atom stereocenters. The zero-order chi connectivity index (χ0) is 10.1. The van der Waals surface area contributed by atoms with Gasteiger partial charge in [-0.2, -0.15) is 0 Å². The molecule has 0 aromatic heterocycles. The minimum absolute atomic E-state index is 0.152. The van der Waals surface area contributed by atoms with Crippen LogP contribution in [0.15, 0.2) is 0 Å². The minimum atomic E-state index is -0.331. The van der Waals surface area contributed by atoms with Gasteiger partial charge in [0, 0.05) is 13.0 Å². The molecule has 0 fully saturated rings. The molecule has 2 N–H and O–H groups in total. The number of ether oxygens (including phenoxy) is 1. The van der Waals surface area contributed by atoms with Gasteiger partial charge in [0.15, 0.2) is 0 Å². The zero-order valence-electron chi connectivity index (χ0n) is 8.38. The highest BCUT2D eigenvalue weighted by Crippen LogP contribution is 1.91. The number of aliphatic hydroxyl groups is 1. The number of carbonyl (C=O) groups is 1. The SMILES string of the molecule is CCOC(=O)CCCNC[C@@H](C)O. The van der Waals surface area contributed by atoms with Crippen LogP contribution in [-0.2, 0) is 9.53 Å². The highest BCUT2D eigenvalue weighted by atomic mass is 16.5. The van der Waals surface area contributed by atoms with Crippen molar-refractivity contribution in [3.05, 3.63) is 0 Å². The summed E-state index contributed by atoms with van der Waals surface area (Å²) < 4.78 is 4.75. The summed E-state index contributed by atoms with van der Waals surface area (Å²) in [7, 11) is 0. The molecule has 0 saturated heterocycles. The number of aliphatic hydroxyl groups excluding tert-OH is 1. The molecule has 0 aliphatic heterocycles. The van der Waals surface area contributed by atoms with Gasteiger partial charge in [0.05, 0.1) is 12.7 Å². The molecule has 4 nitrogen and oxygen atoms in total. The Morgan fingerprint density at radius 1 is 1.62 bits per heavy atom. The Morgan fingerprint density at radius 2 is 2.31 bits per heavy atom. The van der Waals surface area contributed by atoms with Gasteiger partial charge in [-0.05, 0) is 26.8 Å². The summed E-state index contributed by atoms with van der Waals surface area (Å²) >= 11 is 0. The molecule has 1 atom stereocenters. The van der Waals surface area contributed by atoms with Crippen LogP contribution in [0, 0.1) is 0 Å². The molecule has 0 radical (unpaired) electrons. The van der Waals surface area contributed by atoms with Crippen molar-refractivity contribution in [3.8, 4) is 0 Å². The van der Waals surface area contributed by atoms with Crippen molar-refractivity contribution in [2.75, 3.05) is 19.7 Å². The Hall–Kier alpha value is -0.610. The summed E-state index contributed by atoms with van der Waals surface area (Å²) in [5, 5.41) is 11.9. The van der Waals surface area contributed by atoms with E-state index in [1.54, 1.807) is 13.8 Å². The fourth-order valence-corrected chi connectivity index (χ4v) is 0.902. The van der Waals surface area contributed by atoms with Crippen LogP contribution in [0.2, 0.25) is 0 Å². The van der Waals surface area contributed by atoms with Crippen LogP contribution in [0.5, 0.6) is 0 Å². The van der Waals surface area contributed by atoms with Crippen LogP contribution in [0.3, 0.4) is 0 Å². The Labute approximate surface area is 79.3 Å². The Balaban J connectivity index is 3.11. The van der Waals surface area contributed by atoms with Crippen molar-refractivity contribution in [2.24, 2.45) is 0 Å². The lowest BCUT2D eigenvalue weighted by atomic mass is 10.3. The average Bonchev–Trinajstić information content (AvgIpc) is 2.03. The predicted octanol–water partition coefficient (Wildman–Crippen LogP) is 0.300. The van der Waals surface area contributed by atoms with E-state index >= 15 is 0 Å². The van der Waals surface area contributed by atoms with Crippen LogP contribution < -0.4 is 5.32 Å². The molecule has 0 aromatic rings. The van der Waals surface area contributed by atoms with Crippen molar-refractivity contribution in [2.45, 2.75) is 32.8 Å². The fourth-order valence-electron chi connectivity index (χ4n) is 0.902. The normalized spacial score (nSPS) is 12.5. The first kappa shape index (κ1) is 12.4. The largest absolute Gasteiger partial charge is 0.466 e. The Bertz CT molecular complexity index is 137. The zero-order valence-corrected chi connectivity index (χ0v) is 8.38. The number of hydrogen-bond donors (Lipinski definition) is 2. The maximum Gasteiger partial charge on any atom is 0.305 e. The molecule has 4 heteroatoms. The van der Waals surface area contributed by atoms with Crippen LogP contribution >= 0.6 is 0 Å². The first-order valence-corrected chi connectivity index (χ1v) is 4.71. The van der Waals surface area contributed by atoms with E-state index < -0.39 is 0 Å². The third kappa shape index (κ3) is 9.30. The Morgan fingerprint density at radius 3 is 2.85 bits per heavy atom. The molecule has 0 rings (SSSR count). The number of esters is 1. The van der Waals surface area contributed by atoms with Gasteiger partial charge in [0.25, 0.3) is 0 Å².